The zero-order valence-electron chi connectivity index (χ0n) is 15.6. The summed E-state index contributed by atoms with van der Waals surface area (Å²) in [4.78, 5) is 23.4. The minimum atomic E-state index is -0.00290. The van der Waals surface area contributed by atoms with E-state index in [1.54, 1.807) is 12.3 Å². The van der Waals surface area contributed by atoms with E-state index < -0.39 is 0 Å². The van der Waals surface area contributed by atoms with Gasteiger partial charge in [-0.1, -0.05) is 0 Å². The molecule has 0 aromatic carbocycles. The maximum atomic E-state index is 12.6. The zero-order valence-corrected chi connectivity index (χ0v) is 15.6. The molecule has 0 radical (unpaired) electrons. The summed E-state index contributed by atoms with van der Waals surface area (Å²) in [6.45, 7) is 9.75. The summed E-state index contributed by atoms with van der Waals surface area (Å²) < 4.78 is 5.80. The van der Waals surface area contributed by atoms with Crippen molar-refractivity contribution in [3.05, 3.63) is 23.9 Å². The van der Waals surface area contributed by atoms with E-state index in [2.05, 4.69) is 34.7 Å². The second-order valence-electron chi connectivity index (χ2n) is 7.17. The van der Waals surface area contributed by atoms with E-state index in [1.807, 2.05) is 11.0 Å². The number of piperazine rings is 1. The van der Waals surface area contributed by atoms with Gasteiger partial charge in [0.05, 0.1) is 24.7 Å². The Hall–Kier alpha value is -2.17. The summed E-state index contributed by atoms with van der Waals surface area (Å²) in [6, 6.07) is 6.21. The molecule has 1 atom stereocenters. The number of nitriles is 1. The third kappa shape index (κ3) is 4.51. The van der Waals surface area contributed by atoms with Crippen LogP contribution in [0.2, 0.25) is 0 Å². The third-order valence-corrected chi connectivity index (χ3v) is 5.14. The number of carbonyl (C=O) groups excluding carboxylic acids is 1. The van der Waals surface area contributed by atoms with Gasteiger partial charge in [0.2, 0.25) is 5.91 Å². The molecular formula is C19H27N5O2. The zero-order chi connectivity index (χ0) is 18.5. The van der Waals surface area contributed by atoms with E-state index in [-0.39, 0.29) is 12.0 Å². The molecule has 1 aromatic heterocycles. The molecule has 2 saturated heterocycles. The molecule has 2 aliphatic rings. The molecule has 0 N–H and O–H groups in total. The molecule has 140 valence electrons. The smallest absolute Gasteiger partial charge is 0.225 e. The number of pyridine rings is 1. The van der Waals surface area contributed by atoms with Crippen LogP contribution in [0.25, 0.3) is 0 Å². The lowest BCUT2D eigenvalue weighted by molar-refractivity contribution is -0.136. The van der Waals surface area contributed by atoms with Crippen LogP contribution in [-0.4, -0.2) is 78.7 Å². The van der Waals surface area contributed by atoms with Gasteiger partial charge in [0.1, 0.15) is 11.9 Å². The first-order valence-electron chi connectivity index (χ1n) is 9.31. The van der Waals surface area contributed by atoms with Gasteiger partial charge < -0.3 is 14.5 Å². The van der Waals surface area contributed by atoms with Crippen LogP contribution < -0.4 is 4.90 Å². The number of hydrogen-bond donors (Lipinski definition) is 0. The molecule has 0 spiro atoms. The molecule has 26 heavy (non-hydrogen) atoms. The average molecular weight is 357 g/mol. The van der Waals surface area contributed by atoms with Crippen LogP contribution in [0.3, 0.4) is 0 Å². The Labute approximate surface area is 155 Å². The predicted molar refractivity (Wildman–Crippen MR) is 98.8 cm³/mol. The van der Waals surface area contributed by atoms with Crippen molar-refractivity contribution in [1.29, 1.82) is 5.26 Å². The van der Waals surface area contributed by atoms with Gasteiger partial charge in [-0.2, -0.15) is 5.26 Å². The molecule has 7 nitrogen and oxygen atoms in total. The molecule has 3 heterocycles. The van der Waals surface area contributed by atoms with Crippen LogP contribution in [-0.2, 0) is 9.53 Å². The van der Waals surface area contributed by atoms with Gasteiger partial charge in [0, 0.05) is 51.5 Å². The summed E-state index contributed by atoms with van der Waals surface area (Å²) in [7, 11) is 0. The van der Waals surface area contributed by atoms with Crippen molar-refractivity contribution in [3.63, 3.8) is 0 Å². The largest absolute Gasteiger partial charge is 0.375 e. The topological polar surface area (TPSA) is 72.7 Å². The Balaban J connectivity index is 1.48. The van der Waals surface area contributed by atoms with Crippen molar-refractivity contribution in [2.24, 2.45) is 0 Å². The molecule has 7 heteroatoms. The number of carbonyl (C=O) groups is 1. The Morgan fingerprint density at radius 3 is 2.69 bits per heavy atom. The highest BCUT2D eigenvalue weighted by Crippen LogP contribution is 2.16. The van der Waals surface area contributed by atoms with E-state index in [9.17, 15) is 4.79 Å². The van der Waals surface area contributed by atoms with E-state index in [4.69, 9.17) is 10.00 Å². The Morgan fingerprint density at radius 2 is 2.08 bits per heavy atom. The first-order chi connectivity index (χ1) is 12.6. The summed E-state index contributed by atoms with van der Waals surface area (Å²) in [5.74, 6) is 1.03. The van der Waals surface area contributed by atoms with E-state index in [0.717, 1.165) is 32.0 Å². The highest BCUT2D eigenvalue weighted by molar-refractivity contribution is 5.77. The summed E-state index contributed by atoms with van der Waals surface area (Å²) >= 11 is 0. The number of ether oxygens (including phenoxy) is 1. The monoisotopic (exact) mass is 357 g/mol. The van der Waals surface area contributed by atoms with Gasteiger partial charge in [-0.05, 0) is 26.0 Å². The molecule has 0 saturated carbocycles. The van der Waals surface area contributed by atoms with Gasteiger partial charge in [0.15, 0.2) is 0 Å². The van der Waals surface area contributed by atoms with Gasteiger partial charge in [-0.15, -0.1) is 0 Å². The highest BCUT2D eigenvalue weighted by Gasteiger charge is 2.28. The molecule has 3 rings (SSSR count). The first kappa shape index (κ1) is 18.6. The van der Waals surface area contributed by atoms with Crippen molar-refractivity contribution in [2.75, 3.05) is 50.8 Å². The molecule has 0 bridgehead atoms. The molecule has 1 aromatic rings. The quantitative estimate of drug-likeness (QED) is 0.804. The predicted octanol–water partition coefficient (Wildman–Crippen LogP) is 1.10. The van der Waals surface area contributed by atoms with Gasteiger partial charge in [0.25, 0.3) is 0 Å². The van der Waals surface area contributed by atoms with Gasteiger partial charge in [-0.25, -0.2) is 4.98 Å². The fourth-order valence-electron chi connectivity index (χ4n) is 3.48. The fraction of sp³-hybridized carbons (Fsp3) is 0.632. The molecule has 1 amide bonds. The number of anilines is 1. The van der Waals surface area contributed by atoms with E-state index in [0.29, 0.717) is 37.7 Å². The number of aromatic nitrogens is 1. The summed E-state index contributed by atoms with van der Waals surface area (Å²) in [5, 5.41) is 8.85. The van der Waals surface area contributed by atoms with Crippen LogP contribution in [0.15, 0.2) is 18.3 Å². The molecule has 2 aliphatic heterocycles. The lowest BCUT2D eigenvalue weighted by atomic mass is 10.1. The van der Waals surface area contributed by atoms with E-state index >= 15 is 0 Å². The van der Waals surface area contributed by atoms with Gasteiger partial charge in [-0.3, -0.25) is 9.69 Å². The maximum Gasteiger partial charge on any atom is 0.225 e. The minimum Gasteiger partial charge on any atom is -0.375 e. The number of rotatable bonds is 4. The third-order valence-electron chi connectivity index (χ3n) is 5.14. The number of nitrogens with zero attached hydrogens (tertiary/aromatic N) is 5. The second-order valence-corrected chi connectivity index (χ2v) is 7.17. The van der Waals surface area contributed by atoms with Crippen molar-refractivity contribution in [3.8, 4) is 6.07 Å². The summed E-state index contributed by atoms with van der Waals surface area (Å²) in [5.41, 5.74) is 0.561. The number of hydrogen-bond acceptors (Lipinski definition) is 6. The van der Waals surface area contributed by atoms with Crippen LogP contribution in [0.5, 0.6) is 0 Å². The number of amides is 1. The SMILES string of the molecule is CC(C)N1CCO[C@@H](CC(=O)N2CCN(c3ccc(C#N)cn3)CC2)C1. The Kier molecular flexibility index (Phi) is 6.07. The van der Waals surface area contributed by atoms with E-state index in [1.165, 1.54) is 0 Å². The summed E-state index contributed by atoms with van der Waals surface area (Å²) in [6.07, 6.45) is 2.04. The first-order valence-corrected chi connectivity index (χ1v) is 9.31. The van der Waals surface area contributed by atoms with Gasteiger partial charge >= 0.3 is 0 Å². The maximum absolute atomic E-state index is 12.6. The lowest BCUT2D eigenvalue weighted by Crippen LogP contribution is -2.51. The normalized spacial score (nSPS) is 21.7. The second kappa shape index (κ2) is 8.47. The molecule has 0 unspecified atom stereocenters. The van der Waals surface area contributed by atoms with Crippen molar-refractivity contribution >= 4 is 11.7 Å². The van der Waals surface area contributed by atoms with Crippen LogP contribution in [0.1, 0.15) is 25.8 Å². The molecular weight excluding hydrogens is 330 g/mol. The fourth-order valence-corrected chi connectivity index (χ4v) is 3.48. The van der Waals surface area contributed by atoms with Crippen molar-refractivity contribution in [2.45, 2.75) is 32.4 Å². The lowest BCUT2D eigenvalue weighted by Gasteiger charge is -2.38. The average Bonchev–Trinajstić information content (AvgIpc) is 2.68. The Morgan fingerprint density at radius 1 is 1.31 bits per heavy atom. The van der Waals surface area contributed by atoms with Crippen LogP contribution in [0.4, 0.5) is 5.82 Å². The highest BCUT2D eigenvalue weighted by atomic mass is 16.5. The molecule has 0 aliphatic carbocycles. The van der Waals surface area contributed by atoms with Crippen molar-refractivity contribution in [1.82, 2.24) is 14.8 Å². The molecule has 2 fully saturated rings. The van der Waals surface area contributed by atoms with Crippen molar-refractivity contribution < 1.29 is 9.53 Å². The minimum absolute atomic E-state index is 0.00290. The van der Waals surface area contributed by atoms with Crippen LogP contribution >= 0.6 is 0 Å². The number of morpholine rings is 1. The standard InChI is InChI=1S/C19H27N5O2/c1-15(2)24-9-10-26-17(14-24)11-19(25)23-7-5-22(6-8-23)18-4-3-16(12-20)13-21-18/h3-4,13,15,17H,5-11,14H2,1-2H3/t17-/m0/s1. The Bertz CT molecular complexity index is 647. The van der Waals surface area contributed by atoms with Crippen LogP contribution in [0, 0.1) is 11.3 Å².